The Hall–Kier alpha value is -1.51. The Bertz CT molecular complexity index is 454. The van der Waals surface area contributed by atoms with E-state index in [2.05, 4.69) is 16.9 Å². The van der Waals surface area contributed by atoms with E-state index in [0.717, 1.165) is 17.5 Å². The predicted molar refractivity (Wildman–Crippen MR) is 59.6 cm³/mol. The van der Waals surface area contributed by atoms with Gasteiger partial charge in [-0.05, 0) is 24.1 Å². The first-order chi connectivity index (χ1) is 6.79. The van der Waals surface area contributed by atoms with Gasteiger partial charge in [0.1, 0.15) is 0 Å². The Morgan fingerprint density at radius 1 is 1.14 bits per heavy atom. The molecule has 2 rings (SSSR count). The lowest BCUT2D eigenvalue weighted by Crippen LogP contribution is -1.99. The van der Waals surface area contributed by atoms with Crippen LogP contribution in [0.4, 0.5) is 0 Å². The van der Waals surface area contributed by atoms with E-state index in [9.17, 15) is 4.79 Å². The molecule has 3 heteroatoms. The number of nitrogens with one attached hydrogen (secondary N) is 2. The molecule has 76 valence electrons. The maximum absolute atomic E-state index is 10.9. The summed E-state index contributed by atoms with van der Waals surface area (Å²) >= 11 is 0. The van der Waals surface area contributed by atoms with Crippen molar-refractivity contribution < 1.29 is 0 Å². The minimum atomic E-state index is -0.141. The quantitative estimate of drug-likeness (QED) is 0.716. The van der Waals surface area contributed by atoms with E-state index in [1.807, 2.05) is 32.0 Å². The highest BCUT2D eigenvalue weighted by atomic mass is 16.1. The molecule has 2 aromatic rings. The van der Waals surface area contributed by atoms with Gasteiger partial charge in [-0.25, -0.2) is 4.79 Å². The van der Waals surface area contributed by atoms with E-state index in [4.69, 9.17) is 0 Å². The van der Waals surface area contributed by atoms with Gasteiger partial charge in [0.05, 0.1) is 11.0 Å². The van der Waals surface area contributed by atoms with Crippen LogP contribution < -0.4 is 5.69 Å². The van der Waals surface area contributed by atoms with E-state index >= 15 is 0 Å². The molecule has 0 unspecified atom stereocenters. The molecule has 3 nitrogen and oxygen atoms in total. The average Bonchev–Trinajstić information content (AvgIpc) is 2.59. The second-order valence-corrected chi connectivity index (χ2v) is 2.81. The van der Waals surface area contributed by atoms with Crippen molar-refractivity contribution >= 4 is 11.0 Å². The predicted octanol–water partition coefficient (Wildman–Crippen LogP) is 2.44. The van der Waals surface area contributed by atoms with Crippen LogP contribution in [0.2, 0.25) is 0 Å². The van der Waals surface area contributed by atoms with Crippen LogP contribution in [0.3, 0.4) is 0 Å². The Morgan fingerprint density at radius 3 is 2.43 bits per heavy atom. The highest BCUT2D eigenvalue weighted by molar-refractivity contribution is 5.74. The molecule has 0 spiro atoms. The molecule has 0 saturated heterocycles. The molecule has 0 aliphatic rings. The monoisotopic (exact) mass is 192 g/mol. The van der Waals surface area contributed by atoms with Crippen molar-refractivity contribution in [1.29, 1.82) is 0 Å². The number of hydrogen-bond donors (Lipinski definition) is 2. The Kier molecular flexibility index (Phi) is 3.51. The van der Waals surface area contributed by atoms with Gasteiger partial charge in [0.15, 0.2) is 0 Å². The number of H-pyrrole nitrogens is 2. The van der Waals surface area contributed by atoms with Gasteiger partial charge in [-0.3, -0.25) is 0 Å². The van der Waals surface area contributed by atoms with Crippen LogP contribution in [-0.2, 0) is 6.42 Å². The Morgan fingerprint density at radius 2 is 1.79 bits per heavy atom. The largest absolute Gasteiger partial charge is 0.323 e. The first kappa shape index (κ1) is 10.6. The third kappa shape index (κ3) is 2.05. The van der Waals surface area contributed by atoms with Gasteiger partial charge in [0, 0.05) is 0 Å². The number of benzene rings is 1. The summed E-state index contributed by atoms with van der Waals surface area (Å²) in [5.74, 6) is 0. The first-order valence-corrected chi connectivity index (χ1v) is 5.00. The Balaban J connectivity index is 0.000000461. The fourth-order valence-electron chi connectivity index (χ4n) is 1.30. The average molecular weight is 192 g/mol. The number of hydrogen-bond acceptors (Lipinski definition) is 1. The van der Waals surface area contributed by atoms with Crippen LogP contribution in [0, 0.1) is 0 Å². The lowest BCUT2D eigenvalue weighted by molar-refractivity contribution is 1.14. The molecule has 0 atom stereocenters. The number of fused-ring (bicyclic) bond motifs is 1. The molecule has 0 bridgehead atoms. The summed E-state index contributed by atoms with van der Waals surface area (Å²) in [5, 5.41) is 0. The lowest BCUT2D eigenvalue weighted by atomic mass is 10.1. The molecule has 1 aromatic heterocycles. The summed E-state index contributed by atoms with van der Waals surface area (Å²) in [6, 6.07) is 5.94. The molecule has 0 fully saturated rings. The number of imidazole rings is 1. The van der Waals surface area contributed by atoms with Crippen LogP contribution in [0.25, 0.3) is 11.0 Å². The van der Waals surface area contributed by atoms with E-state index in [0.29, 0.717) is 0 Å². The fourth-order valence-corrected chi connectivity index (χ4v) is 1.30. The maximum atomic E-state index is 10.9. The standard InChI is InChI=1S/C9H10N2O.C2H6/c1-2-6-3-4-7-8(5-6)11-9(12)10-7;1-2/h3-5H,2H2,1H3,(H2,10,11,12);1-2H3. The molecule has 0 aliphatic carbocycles. The Labute approximate surface area is 83.2 Å². The van der Waals surface area contributed by atoms with E-state index in [1.54, 1.807) is 0 Å². The van der Waals surface area contributed by atoms with Crippen molar-refractivity contribution in [1.82, 2.24) is 9.97 Å². The third-order valence-electron chi connectivity index (χ3n) is 1.99. The van der Waals surface area contributed by atoms with Gasteiger partial charge in [-0.2, -0.15) is 0 Å². The molecular formula is C11H16N2O. The van der Waals surface area contributed by atoms with Gasteiger partial charge < -0.3 is 9.97 Å². The summed E-state index contributed by atoms with van der Waals surface area (Å²) in [7, 11) is 0. The molecule has 0 aliphatic heterocycles. The van der Waals surface area contributed by atoms with E-state index < -0.39 is 0 Å². The fraction of sp³-hybridized carbons (Fsp3) is 0.364. The molecular weight excluding hydrogens is 176 g/mol. The second-order valence-electron chi connectivity index (χ2n) is 2.81. The highest BCUT2D eigenvalue weighted by Crippen LogP contribution is 2.09. The van der Waals surface area contributed by atoms with Gasteiger partial charge in [-0.1, -0.05) is 26.8 Å². The molecule has 0 amide bonds. The summed E-state index contributed by atoms with van der Waals surface area (Å²) in [4.78, 5) is 16.3. The molecule has 0 saturated carbocycles. The number of aryl methyl sites for hydroxylation is 1. The van der Waals surface area contributed by atoms with Crippen molar-refractivity contribution in [3.63, 3.8) is 0 Å². The smallest absolute Gasteiger partial charge is 0.306 e. The molecule has 1 aromatic carbocycles. The van der Waals surface area contributed by atoms with E-state index in [-0.39, 0.29) is 5.69 Å². The van der Waals surface area contributed by atoms with Crippen molar-refractivity contribution in [2.75, 3.05) is 0 Å². The van der Waals surface area contributed by atoms with Crippen molar-refractivity contribution in [3.05, 3.63) is 34.2 Å². The summed E-state index contributed by atoms with van der Waals surface area (Å²) in [6.45, 7) is 6.09. The maximum Gasteiger partial charge on any atom is 0.323 e. The van der Waals surface area contributed by atoms with Crippen LogP contribution in [0.1, 0.15) is 26.3 Å². The first-order valence-electron chi connectivity index (χ1n) is 5.00. The minimum absolute atomic E-state index is 0.141. The van der Waals surface area contributed by atoms with Gasteiger partial charge in [-0.15, -0.1) is 0 Å². The zero-order chi connectivity index (χ0) is 10.6. The van der Waals surface area contributed by atoms with Crippen LogP contribution in [0.15, 0.2) is 23.0 Å². The number of rotatable bonds is 1. The van der Waals surface area contributed by atoms with Crippen LogP contribution in [-0.4, -0.2) is 9.97 Å². The summed E-state index contributed by atoms with van der Waals surface area (Å²) in [6.07, 6.45) is 0.989. The SMILES string of the molecule is CC.CCc1ccc2[nH]c(=O)[nH]c2c1. The van der Waals surface area contributed by atoms with Crippen molar-refractivity contribution in [2.45, 2.75) is 27.2 Å². The number of aromatic nitrogens is 2. The molecule has 14 heavy (non-hydrogen) atoms. The molecule has 1 heterocycles. The topological polar surface area (TPSA) is 48.6 Å². The summed E-state index contributed by atoms with van der Waals surface area (Å²) < 4.78 is 0. The molecule has 2 N–H and O–H groups in total. The normalized spacial score (nSPS) is 9.64. The number of aromatic amines is 2. The summed E-state index contributed by atoms with van der Waals surface area (Å²) in [5.41, 5.74) is 2.85. The second kappa shape index (κ2) is 4.65. The lowest BCUT2D eigenvalue weighted by Gasteiger charge is -1.94. The van der Waals surface area contributed by atoms with Crippen molar-refractivity contribution in [2.24, 2.45) is 0 Å². The van der Waals surface area contributed by atoms with Gasteiger partial charge in [0.25, 0.3) is 0 Å². The van der Waals surface area contributed by atoms with E-state index in [1.165, 1.54) is 5.56 Å². The van der Waals surface area contributed by atoms with Crippen LogP contribution in [0.5, 0.6) is 0 Å². The van der Waals surface area contributed by atoms with Crippen molar-refractivity contribution in [3.8, 4) is 0 Å². The molecule has 0 radical (unpaired) electrons. The zero-order valence-electron chi connectivity index (χ0n) is 8.85. The van der Waals surface area contributed by atoms with Crippen LogP contribution >= 0.6 is 0 Å². The zero-order valence-corrected chi connectivity index (χ0v) is 8.85. The highest BCUT2D eigenvalue weighted by Gasteiger charge is 1.97. The third-order valence-corrected chi connectivity index (χ3v) is 1.99. The minimum Gasteiger partial charge on any atom is -0.306 e. The van der Waals surface area contributed by atoms with Gasteiger partial charge >= 0.3 is 5.69 Å². The van der Waals surface area contributed by atoms with Gasteiger partial charge in [0.2, 0.25) is 0 Å².